The Hall–Kier alpha value is -3.08. The van der Waals surface area contributed by atoms with E-state index in [4.69, 9.17) is 4.74 Å². The van der Waals surface area contributed by atoms with Gasteiger partial charge in [0.1, 0.15) is 11.3 Å². The van der Waals surface area contributed by atoms with Gasteiger partial charge in [0.25, 0.3) is 11.8 Å². The summed E-state index contributed by atoms with van der Waals surface area (Å²) in [5.74, 6) is 0.0654. The lowest BCUT2D eigenvalue weighted by Gasteiger charge is -2.13. The number of hydrazine groups is 1. The Morgan fingerprint density at radius 3 is 2.58 bits per heavy atom. The zero-order valence-corrected chi connectivity index (χ0v) is 15.0. The van der Waals surface area contributed by atoms with Crippen LogP contribution in [0.4, 0.5) is 5.69 Å². The molecule has 5 nitrogen and oxygen atoms in total. The highest BCUT2D eigenvalue weighted by Crippen LogP contribution is 2.24. The van der Waals surface area contributed by atoms with Crippen molar-refractivity contribution in [2.75, 3.05) is 11.6 Å². The molecule has 2 aromatic carbocycles. The van der Waals surface area contributed by atoms with Crippen molar-refractivity contribution >= 4 is 23.6 Å². The Bertz CT molecular complexity index is 844. The van der Waals surface area contributed by atoms with Crippen LogP contribution in [0.25, 0.3) is 6.08 Å². The molecule has 26 heavy (non-hydrogen) atoms. The van der Waals surface area contributed by atoms with Crippen LogP contribution in [0.3, 0.4) is 0 Å². The van der Waals surface area contributed by atoms with Crippen LogP contribution >= 0.6 is 0 Å². The quantitative estimate of drug-likeness (QED) is 0.492. The van der Waals surface area contributed by atoms with Crippen molar-refractivity contribution in [1.29, 1.82) is 0 Å². The maximum absolute atomic E-state index is 12.6. The van der Waals surface area contributed by atoms with E-state index in [1.165, 1.54) is 5.01 Å². The zero-order valence-electron chi connectivity index (χ0n) is 15.0. The van der Waals surface area contributed by atoms with E-state index in [-0.39, 0.29) is 11.5 Å². The van der Waals surface area contributed by atoms with E-state index >= 15 is 0 Å². The van der Waals surface area contributed by atoms with Gasteiger partial charge in [0.05, 0.1) is 12.3 Å². The van der Waals surface area contributed by atoms with Gasteiger partial charge in [-0.1, -0.05) is 37.6 Å². The van der Waals surface area contributed by atoms with Crippen molar-refractivity contribution in [3.05, 3.63) is 65.2 Å². The first-order chi connectivity index (χ1) is 12.6. The Morgan fingerprint density at radius 1 is 1.12 bits per heavy atom. The van der Waals surface area contributed by atoms with Crippen LogP contribution in [-0.2, 0) is 9.59 Å². The maximum Gasteiger partial charge on any atom is 0.282 e. The second-order valence-corrected chi connectivity index (χ2v) is 6.20. The molecule has 0 unspecified atom stereocenters. The highest BCUT2D eigenvalue weighted by molar-refractivity contribution is 6.31. The summed E-state index contributed by atoms with van der Waals surface area (Å²) >= 11 is 0. The molecule has 1 aliphatic rings. The Kier molecular flexibility index (Phi) is 5.37. The van der Waals surface area contributed by atoms with Crippen molar-refractivity contribution in [3.8, 4) is 5.75 Å². The van der Waals surface area contributed by atoms with Crippen LogP contribution in [0.2, 0.25) is 0 Å². The minimum Gasteiger partial charge on any atom is -0.493 e. The van der Waals surface area contributed by atoms with Gasteiger partial charge in [-0.3, -0.25) is 15.0 Å². The minimum atomic E-state index is -0.403. The van der Waals surface area contributed by atoms with Crippen LogP contribution in [0, 0.1) is 6.92 Å². The van der Waals surface area contributed by atoms with Gasteiger partial charge in [-0.15, -0.1) is 0 Å². The molecular formula is C21H22N2O3. The van der Waals surface area contributed by atoms with Crippen molar-refractivity contribution < 1.29 is 14.3 Å². The lowest BCUT2D eigenvalue weighted by molar-refractivity contribution is -0.117. The van der Waals surface area contributed by atoms with Crippen molar-refractivity contribution in [2.45, 2.75) is 26.7 Å². The van der Waals surface area contributed by atoms with Gasteiger partial charge in [0.2, 0.25) is 0 Å². The number of para-hydroxylation sites is 1. The predicted octanol–water partition coefficient (Wildman–Crippen LogP) is 3.64. The summed E-state index contributed by atoms with van der Waals surface area (Å²) in [4.78, 5) is 24.8. The number of unbranched alkanes of at least 4 members (excludes halogenated alkanes) is 1. The number of nitrogens with zero attached hydrogens (tertiary/aromatic N) is 1. The first-order valence-corrected chi connectivity index (χ1v) is 8.76. The van der Waals surface area contributed by atoms with Crippen LogP contribution in [0.5, 0.6) is 5.75 Å². The third-order valence-electron chi connectivity index (χ3n) is 4.17. The van der Waals surface area contributed by atoms with E-state index in [2.05, 4.69) is 12.3 Å². The van der Waals surface area contributed by atoms with Crippen LogP contribution in [-0.4, -0.2) is 18.4 Å². The molecule has 0 bridgehead atoms. The zero-order chi connectivity index (χ0) is 18.5. The highest BCUT2D eigenvalue weighted by atomic mass is 16.5. The van der Waals surface area contributed by atoms with E-state index in [9.17, 15) is 9.59 Å². The maximum atomic E-state index is 12.6. The predicted molar refractivity (Wildman–Crippen MR) is 102 cm³/mol. The highest BCUT2D eigenvalue weighted by Gasteiger charge is 2.34. The Labute approximate surface area is 153 Å². The minimum absolute atomic E-state index is 0.118. The lowest BCUT2D eigenvalue weighted by Crippen LogP contribution is -2.35. The summed E-state index contributed by atoms with van der Waals surface area (Å²) in [6.07, 6.45) is 3.71. The number of carbonyl (C=O) groups is 2. The van der Waals surface area contributed by atoms with Crippen LogP contribution in [0.15, 0.2) is 54.1 Å². The van der Waals surface area contributed by atoms with Gasteiger partial charge < -0.3 is 4.74 Å². The molecular weight excluding hydrogens is 328 g/mol. The van der Waals surface area contributed by atoms with Crippen LogP contribution in [0.1, 0.15) is 30.9 Å². The number of rotatable bonds is 6. The summed E-state index contributed by atoms with van der Waals surface area (Å²) in [6, 6.07) is 14.7. The van der Waals surface area contributed by atoms with E-state index < -0.39 is 5.91 Å². The first-order valence-electron chi connectivity index (χ1n) is 8.76. The summed E-state index contributed by atoms with van der Waals surface area (Å²) in [7, 11) is 0. The molecule has 1 fully saturated rings. The molecule has 2 amide bonds. The van der Waals surface area contributed by atoms with Crippen molar-refractivity contribution in [2.24, 2.45) is 0 Å². The SMILES string of the molecule is CCCCOc1ccc(/C=C2\C(=O)NN(c3ccccc3)C2=O)cc1C. The number of nitrogens with one attached hydrogen (secondary N) is 1. The molecule has 3 rings (SSSR count). The fourth-order valence-electron chi connectivity index (χ4n) is 2.73. The monoisotopic (exact) mass is 350 g/mol. The average molecular weight is 350 g/mol. The Balaban J connectivity index is 1.80. The fraction of sp³-hybridized carbons (Fsp3) is 0.238. The summed E-state index contributed by atoms with van der Waals surface area (Å²) in [6.45, 7) is 4.76. The second-order valence-electron chi connectivity index (χ2n) is 6.20. The molecule has 1 saturated heterocycles. The van der Waals surface area contributed by atoms with Crippen molar-refractivity contribution in [3.63, 3.8) is 0 Å². The fourth-order valence-corrected chi connectivity index (χ4v) is 2.73. The molecule has 0 radical (unpaired) electrons. The largest absolute Gasteiger partial charge is 0.493 e. The standard InChI is InChI=1S/C21H22N2O3/c1-3-4-12-26-19-11-10-16(13-15(19)2)14-18-20(24)22-23(21(18)25)17-8-6-5-7-9-17/h5-11,13-14H,3-4,12H2,1-2H3,(H,22,24)/b18-14+. The number of amides is 2. The molecule has 0 spiro atoms. The summed E-state index contributed by atoms with van der Waals surface area (Å²) in [5.41, 5.74) is 5.11. The molecule has 0 saturated carbocycles. The molecule has 1 aliphatic heterocycles. The topological polar surface area (TPSA) is 58.6 Å². The van der Waals surface area contributed by atoms with Gasteiger partial charge in [-0.05, 0) is 54.8 Å². The molecule has 5 heteroatoms. The third kappa shape index (κ3) is 3.77. The number of ether oxygens (including phenoxy) is 1. The number of hydrogen-bond donors (Lipinski definition) is 1. The van der Waals surface area contributed by atoms with E-state index in [0.717, 1.165) is 29.7 Å². The molecule has 134 valence electrons. The van der Waals surface area contributed by atoms with Gasteiger partial charge in [-0.25, -0.2) is 5.01 Å². The number of carbonyl (C=O) groups excluding carboxylic acids is 2. The smallest absolute Gasteiger partial charge is 0.282 e. The van der Waals surface area contributed by atoms with Gasteiger partial charge in [0, 0.05) is 0 Å². The van der Waals surface area contributed by atoms with Gasteiger partial charge in [0.15, 0.2) is 0 Å². The molecule has 2 aromatic rings. The summed E-state index contributed by atoms with van der Waals surface area (Å²) in [5, 5.41) is 1.27. The molecule has 0 aliphatic carbocycles. The average Bonchev–Trinajstić information content (AvgIpc) is 2.92. The van der Waals surface area contributed by atoms with E-state index in [1.807, 2.05) is 43.3 Å². The molecule has 1 N–H and O–H groups in total. The van der Waals surface area contributed by atoms with Crippen LogP contribution < -0.4 is 15.2 Å². The summed E-state index contributed by atoms with van der Waals surface area (Å²) < 4.78 is 5.74. The Morgan fingerprint density at radius 2 is 1.88 bits per heavy atom. The molecule has 1 heterocycles. The first kappa shape index (κ1) is 17.7. The van der Waals surface area contributed by atoms with E-state index in [0.29, 0.717) is 12.3 Å². The number of hydrogen-bond acceptors (Lipinski definition) is 3. The molecule has 0 aromatic heterocycles. The number of aryl methyl sites for hydroxylation is 1. The lowest BCUT2D eigenvalue weighted by atomic mass is 10.1. The normalized spacial score (nSPS) is 15.5. The third-order valence-corrected chi connectivity index (χ3v) is 4.17. The number of benzene rings is 2. The van der Waals surface area contributed by atoms with Gasteiger partial charge in [-0.2, -0.15) is 0 Å². The number of anilines is 1. The van der Waals surface area contributed by atoms with Crippen molar-refractivity contribution in [1.82, 2.24) is 5.43 Å². The van der Waals surface area contributed by atoms with E-state index in [1.54, 1.807) is 18.2 Å². The van der Waals surface area contributed by atoms with Gasteiger partial charge >= 0.3 is 0 Å². The molecule has 0 atom stereocenters. The second kappa shape index (κ2) is 7.87.